The maximum atomic E-state index is 11.3. The van der Waals surface area contributed by atoms with Crippen molar-refractivity contribution in [1.82, 2.24) is 5.48 Å². The van der Waals surface area contributed by atoms with Gasteiger partial charge in [0, 0.05) is 6.42 Å². The van der Waals surface area contributed by atoms with Crippen LogP contribution in [0.25, 0.3) is 0 Å². The van der Waals surface area contributed by atoms with Crippen LogP contribution in [0.3, 0.4) is 0 Å². The standard InChI is InChI=1S/C15H21NO5/c1-2-3-7-10-20-15(19)16-21-13(14(17)18)11-12-8-5-4-6-9-12/h4-6,8-9,13H,2-3,7,10-11H2,1H3,(H,16,19)(H,17,18)/t13-/m1/s1. The number of hydroxylamine groups is 1. The number of ether oxygens (including phenoxy) is 1. The highest BCUT2D eigenvalue weighted by Gasteiger charge is 2.20. The number of carbonyl (C=O) groups is 2. The van der Waals surface area contributed by atoms with Gasteiger partial charge in [-0.1, -0.05) is 50.1 Å². The van der Waals surface area contributed by atoms with E-state index in [1.165, 1.54) is 0 Å². The predicted octanol–water partition coefficient (Wildman–Crippen LogP) is 2.53. The molecule has 0 bridgehead atoms. The van der Waals surface area contributed by atoms with Gasteiger partial charge >= 0.3 is 12.1 Å². The number of benzene rings is 1. The van der Waals surface area contributed by atoms with Gasteiger partial charge in [-0.25, -0.2) is 9.59 Å². The van der Waals surface area contributed by atoms with Crippen molar-refractivity contribution < 1.29 is 24.3 Å². The van der Waals surface area contributed by atoms with Gasteiger partial charge in [0.25, 0.3) is 0 Å². The van der Waals surface area contributed by atoms with E-state index in [4.69, 9.17) is 14.7 Å². The van der Waals surface area contributed by atoms with Crippen molar-refractivity contribution in [3.63, 3.8) is 0 Å². The van der Waals surface area contributed by atoms with Crippen molar-refractivity contribution in [2.75, 3.05) is 6.61 Å². The highest BCUT2D eigenvalue weighted by Crippen LogP contribution is 2.05. The van der Waals surface area contributed by atoms with Gasteiger partial charge in [0.1, 0.15) is 0 Å². The molecule has 0 saturated carbocycles. The lowest BCUT2D eigenvalue weighted by atomic mass is 10.1. The fraction of sp³-hybridized carbons (Fsp3) is 0.467. The highest BCUT2D eigenvalue weighted by atomic mass is 16.7. The SMILES string of the molecule is CCCCCOC(=O)NO[C@H](Cc1ccccc1)C(=O)O. The summed E-state index contributed by atoms with van der Waals surface area (Å²) in [5, 5.41) is 9.08. The monoisotopic (exact) mass is 295 g/mol. The Kier molecular flexibility index (Phi) is 7.89. The Labute approximate surface area is 124 Å². The second kappa shape index (κ2) is 9.77. The quantitative estimate of drug-likeness (QED) is 0.540. The first-order valence-electron chi connectivity index (χ1n) is 6.98. The molecule has 1 rings (SSSR count). The van der Waals surface area contributed by atoms with Gasteiger partial charge < -0.3 is 9.84 Å². The normalized spacial score (nSPS) is 11.7. The molecule has 1 atom stereocenters. The molecule has 1 amide bonds. The lowest BCUT2D eigenvalue weighted by molar-refractivity contribution is -0.154. The van der Waals surface area contributed by atoms with Gasteiger partial charge in [-0.05, 0) is 12.0 Å². The van der Waals surface area contributed by atoms with Gasteiger partial charge in [-0.2, -0.15) is 5.48 Å². The molecule has 0 heterocycles. The zero-order valence-corrected chi connectivity index (χ0v) is 12.1. The second-order valence-electron chi connectivity index (χ2n) is 4.58. The van der Waals surface area contributed by atoms with Crippen LogP contribution in [0.4, 0.5) is 4.79 Å². The molecule has 0 saturated heterocycles. The zero-order chi connectivity index (χ0) is 15.5. The summed E-state index contributed by atoms with van der Waals surface area (Å²) in [4.78, 5) is 27.3. The molecule has 0 radical (unpaired) electrons. The Balaban J connectivity index is 2.34. The van der Waals surface area contributed by atoms with E-state index in [9.17, 15) is 9.59 Å². The van der Waals surface area contributed by atoms with Crippen molar-refractivity contribution in [1.29, 1.82) is 0 Å². The number of hydrogen-bond acceptors (Lipinski definition) is 4. The second-order valence-corrected chi connectivity index (χ2v) is 4.58. The van der Waals surface area contributed by atoms with Gasteiger partial charge in [0.15, 0.2) is 6.10 Å². The van der Waals surface area contributed by atoms with E-state index in [1.54, 1.807) is 12.1 Å². The van der Waals surface area contributed by atoms with Gasteiger partial charge in [0.2, 0.25) is 0 Å². The third-order valence-corrected chi connectivity index (χ3v) is 2.80. The molecule has 0 aliphatic heterocycles. The number of aliphatic carboxylic acids is 1. The summed E-state index contributed by atoms with van der Waals surface area (Å²) >= 11 is 0. The van der Waals surface area contributed by atoms with Crippen molar-refractivity contribution in [2.24, 2.45) is 0 Å². The molecule has 6 nitrogen and oxygen atoms in total. The van der Waals surface area contributed by atoms with Crippen LogP contribution >= 0.6 is 0 Å². The summed E-state index contributed by atoms with van der Waals surface area (Å²) in [5.74, 6) is -1.15. The third-order valence-electron chi connectivity index (χ3n) is 2.80. The molecule has 0 spiro atoms. The van der Waals surface area contributed by atoms with Gasteiger partial charge in [-0.15, -0.1) is 0 Å². The number of carboxylic acid groups (broad SMARTS) is 1. The molecule has 6 heteroatoms. The first-order valence-corrected chi connectivity index (χ1v) is 6.98. The lowest BCUT2D eigenvalue weighted by Gasteiger charge is -2.13. The summed E-state index contributed by atoms with van der Waals surface area (Å²) in [6, 6.07) is 9.05. The Morgan fingerprint density at radius 3 is 2.57 bits per heavy atom. The Morgan fingerprint density at radius 1 is 1.24 bits per heavy atom. The number of rotatable bonds is 9. The van der Waals surface area contributed by atoms with E-state index in [0.717, 1.165) is 24.8 Å². The topological polar surface area (TPSA) is 84.9 Å². The Hall–Kier alpha value is -2.08. The molecular weight excluding hydrogens is 274 g/mol. The molecule has 0 unspecified atom stereocenters. The number of nitrogens with one attached hydrogen (secondary N) is 1. The third kappa shape index (κ3) is 7.31. The number of amides is 1. The van der Waals surface area contributed by atoms with Crippen LogP contribution in [0.5, 0.6) is 0 Å². The van der Waals surface area contributed by atoms with Crippen LogP contribution in [-0.2, 0) is 20.8 Å². The predicted molar refractivity (Wildman–Crippen MR) is 76.7 cm³/mol. The first kappa shape index (κ1) is 17.0. The molecule has 116 valence electrons. The minimum absolute atomic E-state index is 0.159. The fourth-order valence-corrected chi connectivity index (χ4v) is 1.67. The fourth-order valence-electron chi connectivity index (χ4n) is 1.67. The van der Waals surface area contributed by atoms with E-state index in [0.29, 0.717) is 6.61 Å². The van der Waals surface area contributed by atoms with Gasteiger partial charge in [-0.3, -0.25) is 4.84 Å². The average Bonchev–Trinajstić information content (AvgIpc) is 2.48. The summed E-state index contributed by atoms with van der Waals surface area (Å²) < 4.78 is 4.86. The molecule has 1 aromatic rings. The maximum absolute atomic E-state index is 11.3. The largest absolute Gasteiger partial charge is 0.479 e. The van der Waals surface area contributed by atoms with E-state index >= 15 is 0 Å². The van der Waals surface area contributed by atoms with Crippen molar-refractivity contribution >= 4 is 12.1 Å². The molecule has 0 fully saturated rings. The van der Waals surface area contributed by atoms with E-state index < -0.39 is 18.2 Å². The lowest BCUT2D eigenvalue weighted by Crippen LogP contribution is -2.36. The smallest absolute Gasteiger partial charge is 0.431 e. The molecule has 0 aliphatic carbocycles. The minimum Gasteiger partial charge on any atom is -0.479 e. The molecule has 2 N–H and O–H groups in total. The van der Waals surface area contributed by atoms with Crippen LogP contribution < -0.4 is 5.48 Å². The molecule has 0 aromatic heterocycles. The molecule has 21 heavy (non-hydrogen) atoms. The Morgan fingerprint density at radius 2 is 1.95 bits per heavy atom. The molecular formula is C15H21NO5. The number of unbranched alkanes of at least 4 members (excludes halogenated alkanes) is 2. The minimum atomic E-state index is -1.16. The maximum Gasteiger partial charge on any atom is 0.431 e. The van der Waals surface area contributed by atoms with Crippen LogP contribution in [0.1, 0.15) is 31.7 Å². The number of carboxylic acids is 1. The van der Waals surface area contributed by atoms with Crippen molar-refractivity contribution in [3.05, 3.63) is 35.9 Å². The van der Waals surface area contributed by atoms with Crippen LogP contribution in [0.15, 0.2) is 30.3 Å². The summed E-state index contributed by atoms with van der Waals surface area (Å²) in [7, 11) is 0. The van der Waals surface area contributed by atoms with E-state index in [1.807, 2.05) is 30.6 Å². The summed E-state index contributed by atoms with van der Waals surface area (Å²) in [6.45, 7) is 2.34. The average molecular weight is 295 g/mol. The highest BCUT2D eigenvalue weighted by molar-refractivity contribution is 5.73. The number of carbonyl (C=O) groups excluding carboxylic acids is 1. The van der Waals surface area contributed by atoms with E-state index in [2.05, 4.69) is 0 Å². The molecule has 0 aliphatic rings. The summed E-state index contributed by atoms with van der Waals surface area (Å²) in [5.41, 5.74) is 2.83. The van der Waals surface area contributed by atoms with E-state index in [-0.39, 0.29) is 6.42 Å². The van der Waals surface area contributed by atoms with Crippen LogP contribution in [0.2, 0.25) is 0 Å². The first-order chi connectivity index (χ1) is 10.1. The summed E-state index contributed by atoms with van der Waals surface area (Å²) in [6.07, 6.45) is 1.00. The van der Waals surface area contributed by atoms with Gasteiger partial charge in [0.05, 0.1) is 6.61 Å². The van der Waals surface area contributed by atoms with Crippen LogP contribution in [-0.4, -0.2) is 29.9 Å². The van der Waals surface area contributed by atoms with Crippen molar-refractivity contribution in [3.8, 4) is 0 Å². The van der Waals surface area contributed by atoms with Crippen LogP contribution in [0, 0.1) is 0 Å². The number of hydrogen-bond donors (Lipinski definition) is 2. The Bertz CT molecular complexity index is 435. The molecule has 1 aromatic carbocycles. The van der Waals surface area contributed by atoms with Crippen molar-refractivity contribution in [2.45, 2.75) is 38.7 Å². The zero-order valence-electron chi connectivity index (χ0n) is 12.1.